The molecule has 6 heteroatoms. The van der Waals surface area contributed by atoms with Crippen LogP contribution < -0.4 is 0 Å². The fourth-order valence-electron chi connectivity index (χ4n) is 7.86. The first-order chi connectivity index (χ1) is 28.4. The molecular weight excluding hydrogens is 721 g/mol. The predicted molar refractivity (Wildman–Crippen MR) is 247 cm³/mol. The summed E-state index contributed by atoms with van der Waals surface area (Å²) >= 11 is 0. The van der Waals surface area contributed by atoms with Crippen LogP contribution >= 0.6 is 0 Å². The third kappa shape index (κ3) is 45.5. The smallest absolute Gasteiger partial charge is 0.306 e. The Labute approximate surface area is 361 Å². The van der Waals surface area contributed by atoms with Crippen LogP contribution in [0.1, 0.15) is 291 Å². The molecule has 0 N–H and O–H groups in total. The number of hydrogen-bond donors (Lipinski definition) is 0. The van der Waals surface area contributed by atoms with Gasteiger partial charge >= 0.3 is 17.9 Å². The highest BCUT2D eigenvalue weighted by Crippen LogP contribution is 2.17. The largest absolute Gasteiger partial charge is 0.462 e. The molecule has 0 bridgehead atoms. The number of unbranched alkanes of at least 4 members (excludes halogenated alkanes) is 34. The summed E-state index contributed by atoms with van der Waals surface area (Å²) in [5.41, 5.74) is 0. The minimum absolute atomic E-state index is 0.0629. The van der Waals surface area contributed by atoms with Gasteiger partial charge in [0.05, 0.1) is 0 Å². The molecule has 0 heterocycles. The second kappa shape index (κ2) is 46.5. The van der Waals surface area contributed by atoms with Crippen molar-refractivity contribution in [3.05, 3.63) is 0 Å². The lowest BCUT2D eigenvalue weighted by Gasteiger charge is -2.18. The van der Waals surface area contributed by atoms with E-state index in [1.807, 2.05) is 0 Å². The zero-order valence-electron chi connectivity index (χ0n) is 39.5. The van der Waals surface area contributed by atoms with E-state index in [2.05, 4.69) is 27.7 Å². The summed E-state index contributed by atoms with van der Waals surface area (Å²) in [7, 11) is 0. The van der Waals surface area contributed by atoms with Crippen molar-refractivity contribution in [1.82, 2.24) is 0 Å². The van der Waals surface area contributed by atoms with Crippen molar-refractivity contribution in [2.75, 3.05) is 13.2 Å². The van der Waals surface area contributed by atoms with Crippen LogP contribution in [0.4, 0.5) is 0 Å². The third-order valence-electron chi connectivity index (χ3n) is 11.8. The molecule has 344 valence electrons. The first-order valence-electron chi connectivity index (χ1n) is 25.9. The normalized spacial score (nSPS) is 11.9. The Morgan fingerprint density at radius 2 is 0.569 bits per heavy atom. The van der Waals surface area contributed by atoms with E-state index in [9.17, 15) is 14.4 Å². The minimum atomic E-state index is -0.760. The monoisotopic (exact) mass is 821 g/mol. The minimum Gasteiger partial charge on any atom is -0.462 e. The molecule has 58 heavy (non-hydrogen) atoms. The molecule has 0 aromatic carbocycles. The molecule has 0 fully saturated rings. The van der Waals surface area contributed by atoms with Crippen LogP contribution in [0.2, 0.25) is 0 Å². The summed E-state index contributed by atoms with van der Waals surface area (Å²) in [4.78, 5) is 37.9. The van der Waals surface area contributed by atoms with Crippen LogP contribution in [0.25, 0.3) is 0 Å². The Hall–Kier alpha value is -1.59. The maximum Gasteiger partial charge on any atom is 0.306 e. The van der Waals surface area contributed by atoms with E-state index < -0.39 is 6.10 Å². The standard InChI is InChI=1S/C52H100O6/c1-5-7-9-11-13-15-17-19-20-22-24-28-33-37-41-45-52(55)58-49(47-57-51(54)44-40-36-32-29-25-26-30-34-38-42-48(3)4)46-56-50(53)43-39-35-31-27-23-21-18-16-14-12-10-8-6-2/h48-49H,5-47H2,1-4H3/t49-/m1/s1. The van der Waals surface area contributed by atoms with Gasteiger partial charge in [0.15, 0.2) is 6.10 Å². The molecule has 0 spiro atoms. The number of hydrogen-bond acceptors (Lipinski definition) is 6. The Balaban J connectivity index is 4.31. The van der Waals surface area contributed by atoms with E-state index >= 15 is 0 Å². The first-order valence-corrected chi connectivity index (χ1v) is 25.9. The van der Waals surface area contributed by atoms with Gasteiger partial charge in [0.1, 0.15) is 13.2 Å². The summed E-state index contributed by atoms with van der Waals surface area (Å²) < 4.78 is 16.8. The SMILES string of the molecule is CCCCCCCCCCCCCCCCCC(=O)O[C@H](COC(=O)CCCCCCCCCCCCCCC)COC(=O)CCCCCCCCCCCC(C)C. The Morgan fingerprint density at radius 3 is 0.845 bits per heavy atom. The third-order valence-corrected chi connectivity index (χ3v) is 11.8. The maximum atomic E-state index is 12.8. The Kier molecular flexibility index (Phi) is 45.2. The highest BCUT2D eigenvalue weighted by molar-refractivity contribution is 5.71. The molecule has 0 aliphatic heterocycles. The number of rotatable bonds is 47. The second-order valence-electron chi connectivity index (χ2n) is 18.3. The molecule has 0 saturated carbocycles. The second-order valence-corrected chi connectivity index (χ2v) is 18.3. The number of esters is 3. The fourth-order valence-corrected chi connectivity index (χ4v) is 7.86. The van der Waals surface area contributed by atoms with Gasteiger partial charge in [-0.3, -0.25) is 14.4 Å². The summed E-state index contributed by atoms with van der Waals surface area (Å²) in [6, 6.07) is 0. The van der Waals surface area contributed by atoms with E-state index in [1.54, 1.807) is 0 Å². The van der Waals surface area contributed by atoms with Crippen LogP contribution in [-0.4, -0.2) is 37.2 Å². The van der Waals surface area contributed by atoms with Crippen molar-refractivity contribution in [3.8, 4) is 0 Å². The van der Waals surface area contributed by atoms with Crippen molar-refractivity contribution in [2.45, 2.75) is 297 Å². The molecule has 6 nitrogen and oxygen atoms in total. The summed E-state index contributed by atoms with van der Waals surface area (Å²) in [5.74, 6) is -0.0362. The average Bonchev–Trinajstić information content (AvgIpc) is 3.21. The van der Waals surface area contributed by atoms with Crippen molar-refractivity contribution >= 4 is 17.9 Å². The zero-order chi connectivity index (χ0) is 42.4. The highest BCUT2D eigenvalue weighted by atomic mass is 16.6. The van der Waals surface area contributed by atoms with Gasteiger partial charge in [-0.15, -0.1) is 0 Å². The van der Waals surface area contributed by atoms with Crippen LogP contribution in [0.3, 0.4) is 0 Å². The van der Waals surface area contributed by atoms with E-state index in [1.165, 1.54) is 186 Å². The average molecular weight is 821 g/mol. The van der Waals surface area contributed by atoms with Gasteiger partial charge in [-0.2, -0.15) is 0 Å². The zero-order valence-corrected chi connectivity index (χ0v) is 39.5. The lowest BCUT2D eigenvalue weighted by atomic mass is 10.0. The molecule has 0 saturated heterocycles. The Bertz CT molecular complexity index is 872. The molecule has 1 atom stereocenters. The number of ether oxygens (including phenoxy) is 3. The predicted octanol–water partition coefficient (Wildman–Crippen LogP) is 16.7. The van der Waals surface area contributed by atoms with Crippen LogP contribution in [0.5, 0.6) is 0 Å². The van der Waals surface area contributed by atoms with Gasteiger partial charge in [-0.25, -0.2) is 0 Å². The number of carbonyl (C=O) groups excluding carboxylic acids is 3. The Morgan fingerprint density at radius 1 is 0.328 bits per heavy atom. The summed E-state index contributed by atoms with van der Waals surface area (Å²) in [6.07, 6.45) is 48.0. The number of carbonyl (C=O) groups is 3. The van der Waals surface area contributed by atoms with Crippen molar-refractivity contribution in [3.63, 3.8) is 0 Å². The maximum absolute atomic E-state index is 12.8. The molecule has 0 aromatic heterocycles. The van der Waals surface area contributed by atoms with Gasteiger partial charge in [-0.1, -0.05) is 252 Å². The molecule has 0 rings (SSSR count). The van der Waals surface area contributed by atoms with Crippen LogP contribution in [0.15, 0.2) is 0 Å². The summed E-state index contributed by atoms with van der Waals surface area (Å²) in [6.45, 7) is 9.01. The topological polar surface area (TPSA) is 78.9 Å². The molecular formula is C52H100O6. The van der Waals surface area contributed by atoms with Gasteiger partial charge in [-0.05, 0) is 25.2 Å². The van der Waals surface area contributed by atoms with Gasteiger partial charge in [0, 0.05) is 19.3 Å². The first kappa shape index (κ1) is 56.4. The van der Waals surface area contributed by atoms with Crippen molar-refractivity contribution in [1.29, 1.82) is 0 Å². The van der Waals surface area contributed by atoms with E-state index in [0.717, 1.165) is 63.7 Å². The van der Waals surface area contributed by atoms with E-state index in [-0.39, 0.29) is 31.1 Å². The molecule has 0 radical (unpaired) electrons. The molecule has 0 aliphatic carbocycles. The fraction of sp³-hybridized carbons (Fsp3) is 0.942. The lowest BCUT2D eigenvalue weighted by molar-refractivity contribution is -0.167. The van der Waals surface area contributed by atoms with Gasteiger partial charge in [0.2, 0.25) is 0 Å². The van der Waals surface area contributed by atoms with Crippen LogP contribution in [-0.2, 0) is 28.6 Å². The van der Waals surface area contributed by atoms with Gasteiger partial charge < -0.3 is 14.2 Å². The highest BCUT2D eigenvalue weighted by Gasteiger charge is 2.19. The molecule has 0 unspecified atom stereocenters. The van der Waals surface area contributed by atoms with Crippen LogP contribution in [0, 0.1) is 5.92 Å². The van der Waals surface area contributed by atoms with Crippen molar-refractivity contribution in [2.24, 2.45) is 5.92 Å². The molecule has 0 amide bonds. The van der Waals surface area contributed by atoms with Gasteiger partial charge in [0.25, 0.3) is 0 Å². The lowest BCUT2D eigenvalue weighted by Crippen LogP contribution is -2.30. The molecule has 0 aliphatic rings. The molecule has 0 aromatic rings. The summed E-state index contributed by atoms with van der Waals surface area (Å²) in [5, 5.41) is 0. The van der Waals surface area contributed by atoms with E-state index in [4.69, 9.17) is 14.2 Å². The quantitative estimate of drug-likeness (QED) is 0.0346. The van der Waals surface area contributed by atoms with Crippen molar-refractivity contribution < 1.29 is 28.6 Å². The van der Waals surface area contributed by atoms with E-state index in [0.29, 0.717) is 19.3 Å².